The van der Waals surface area contributed by atoms with Crippen molar-refractivity contribution in [2.45, 2.75) is 59.6 Å². The molecular formula is C14H24F3NO. The maximum absolute atomic E-state index is 12.9. The Bertz CT molecular complexity index is 309. The van der Waals surface area contributed by atoms with Gasteiger partial charge in [0.05, 0.1) is 0 Å². The Morgan fingerprint density at radius 3 is 1.68 bits per heavy atom. The first kappa shape index (κ1) is 18.0. The van der Waals surface area contributed by atoms with Crippen molar-refractivity contribution in [1.29, 1.82) is 0 Å². The van der Waals surface area contributed by atoms with Gasteiger partial charge in [-0.1, -0.05) is 32.3 Å². The van der Waals surface area contributed by atoms with Crippen molar-refractivity contribution >= 4 is 5.91 Å². The van der Waals surface area contributed by atoms with Crippen LogP contribution >= 0.6 is 0 Å². The van der Waals surface area contributed by atoms with Crippen LogP contribution in [0.4, 0.5) is 13.2 Å². The van der Waals surface area contributed by atoms with Crippen LogP contribution < -0.4 is 0 Å². The fraction of sp³-hybridized carbons (Fsp3) is 0.786. The third-order valence-electron chi connectivity index (χ3n) is 2.85. The van der Waals surface area contributed by atoms with Gasteiger partial charge in [-0.3, -0.25) is 4.79 Å². The second-order valence-corrected chi connectivity index (χ2v) is 4.87. The first-order chi connectivity index (χ1) is 8.75. The van der Waals surface area contributed by atoms with Gasteiger partial charge in [0.1, 0.15) is 5.57 Å². The van der Waals surface area contributed by atoms with Gasteiger partial charge in [0, 0.05) is 13.1 Å². The fourth-order valence-corrected chi connectivity index (χ4v) is 1.79. The summed E-state index contributed by atoms with van der Waals surface area (Å²) in [6.07, 6.45) is -1.42. The molecule has 0 aromatic carbocycles. The van der Waals surface area contributed by atoms with Crippen LogP contribution in [0, 0.1) is 0 Å². The van der Waals surface area contributed by atoms with Gasteiger partial charge in [0.2, 0.25) is 0 Å². The normalized spacial score (nSPS) is 11.3. The molecule has 112 valence electrons. The van der Waals surface area contributed by atoms with Crippen molar-refractivity contribution in [1.82, 2.24) is 4.90 Å². The van der Waals surface area contributed by atoms with E-state index in [9.17, 15) is 18.0 Å². The summed E-state index contributed by atoms with van der Waals surface area (Å²) in [6.45, 7) is 7.35. The van der Waals surface area contributed by atoms with Crippen LogP contribution in [-0.2, 0) is 4.79 Å². The topological polar surface area (TPSA) is 20.3 Å². The predicted molar refractivity (Wildman–Crippen MR) is 70.8 cm³/mol. The van der Waals surface area contributed by atoms with E-state index in [2.05, 4.69) is 0 Å². The number of hydrogen-bond acceptors (Lipinski definition) is 1. The molecule has 0 aliphatic carbocycles. The summed E-state index contributed by atoms with van der Waals surface area (Å²) < 4.78 is 38.8. The highest BCUT2D eigenvalue weighted by atomic mass is 19.4. The lowest BCUT2D eigenvalue weighted by Crippen LogP contribution is -2.38. The summed E-state index contributed by atoms with van der Waals surface area (Å²) in [5.41, 5.74) is -0.991. The lowest BCUT2D eigenvalue weighted by Gasteiger charge is -2.25. The minimum absolute atomic E-state index is 0.0236. The van der Waals surface area contributed by atoms with Gasteiger partial charge in [-0.2, -0.15) is 13.2 Å². The van der Waals surface area contributed by atoms with Gasteiger partial charge in [-0.05, 0) is 26.7 Å². The lowest BCUT2D eigenvalue weighted by atomic mass is 10.1. The van der Waals surface area contributed by atoms with E-state index in [1.54, 1.807) is 0 Å². The zero-order valence-electron chi connectivity index (χ0n) is 12.2. The Labute approximate surface area is 113 Å². The number of amides is 1. The van der Waals surface area contributed by atoms with Crippen molar-refractivity contribution in [3.63, 3.8) is 0 Å². The number of hydrogen-bond donors (Lipinski definition) is 0. The third kappa shape index (κ3) is 6.12. The smallest absolute Gasteiger partial charge is 0.339 e. The average Bonchev–Trinajstić information content (AvgIpc) is 2.26. The first-order valence-corrected chi connectivity index (χ1v) is 6.79. The van der Waals surface area contributed by atoms with Crippen molar-refractivity contribution in [2.75, 3.05) is 13.1 Å². The van der Waals surface area contributed by atoms with Crippen LogP contribution in [0.2, 0.25) is 0 Å². The highest BCUT2D eigenvalue weighted by Gasteiger charge is 2.41. The van der Waals surface area contributed by atoms with Crippen LogP contribution in [0.1, 0.15) is 53.4 Å². The number of carbonyl (C=O) groups excluding carboxylic acids is 1. The number of unbranched alkanes of at least 4 members (excludes halogenated alkanes) is 2. The van der Waals surface area contributed by atoms with Crippen LogP contribution in [0.3, 0.4) is 0 Å². The molecule has 0 saturated heterocycles. The van der Waals surface area contributed by atoms with Crippen molar-refractivity contribution < 1.29 is 18.0 Å². The van der Waals surface area contributed by atoms with Gasteiger partial charge in [0.15, 0.2) is 0 Å². The molecule has 0 rings (SSSR count). The number of allylic oxidation sites excluding steroid dienone is 1. The number of nitrogens with zero attached hydrogens (tertiary/aromatic N) is 1. The molecule has 1 amide bonds. The van der Waals surface area contributed by atoms with E-state index < -0.39 is 17.7 Å². The van der Waals surface area contributed by atoms with Crippen molar-refractivity contribution in [2.24, 2.45) is 0 Å². The standard InChI is InChI=1S/C14H24F3NO/c1-5-7-9-18(10-8-6-2)13(19)12(11(3)4)14(15,16)17/h5-10H2,1-4H3. The lowest BCUT2D eigenvalue weighted by molar-refractivity contribution is -0.140. The van der Waals surface area contributed by atoms with Crippen LogP contribution in [0.25, 0.3) is 0 Å². The third-order valence-corrected chi connectivity index (χ3v) is 2.85. The molecule has 0 aliphatic heterocycles. The summed E-state index contributed by atoms with van der Waals surface area (Å²) in [5.74, 6) is -0.880. The second-order valence-electron chi connectivity index (χ2n) is 4.87. The monoisotopic (exact) mass is 279 g/mol. The Hall–Kier alpha value is -1.00. The van der Waals surface area contributed by atoms with E-state index in [1.807, 2.05) is 13.8 Å². The van der Waals surface area contributed by atoms with E-state index in [0.717, 1.165) is 25.7 Å². The molecule has 0 aromatic heterocycles. The summed E-state index contributed by atoms with van der Waals surface area (Å²) in [7, 11) is 0. The molecule has 0 N–H and O–H groups in total. The molecule has 2 nitrogen and oxygen atoms in total. The molecule has 0 aromatic rings. The van der Waals surface area contributed by atoms with E-state index in [1.165, 1.54) is 18.7 Å². The number of carbonyl (C=O) groups is 1. The summed E-state index contributed by atoms with van der Waals surface area (Å²) in [5, 5.41) is 0. The first-order valence-electron chi connectivity index (χ1n) is 6.79. The summed E-state index contributed by atoms with van der Waals surface area (Å²) >= 11 is 0. The minimum atomic E-state index is -4.58. The molecule has 5 heteroatoms. The van der Waals surface area contributed by atoms with Crippen LogP contribution in [0.5, 0.6) is 0 Å². The van der Waals surface area contributed by atoms with Crippen molar-refractivity contribution in [3.05, 3.63) is 11.1 Å². The number of rotatable bonds is 7. The van der Waals surface area contributed by atoms with Gasteiger partial charge >= 0.3 is 6.18 Å². The highest BCUT2D eigenvalue weighted by Crippen LogP contribution is 2.30. The van der Waals surface area contributed by atoms with Gasteiger partial charge in [-0.25, -0.2) is 0 Å². The van der Waals surface area contributed by atoms with E-state index in [-0.39, 0.29) is 5.57 Å². The molecule has 19 heavy (non-hydrogen) atoms. The maximum atomic E-state index is 12.9. The summed E-state index contributed by atoms with van der Waals surface area (Å²) in [6, 6.07) is 0. The Morgan fingerprint density at radius 1 is 1.00 bits per heavy atom. The summed E-state index contributed by atoms with van der Waals surface area (Å²) in [4.78, 5) is 13.4. The molecule has 0 atom stereocenters. The number of alkyl halides is 3. The molecule has 0 saturated carbocycles. The Morgan fingerprint density at radius 2 is 1.42 bits per heavy atom. The number of halogens is 3. The zero-order chi connectivity index (χ0) is 15.1. The van der Waals surface area contributed by atoms with Crippen LogP contribution in [-0.4, -0.2) is 30.1 Å². The molecule has 0 heterocycles. The van der Waals surface area contributed by atoms with E-state index in [0.29, 0.717) is 13.1 Å². The van der Waals surface area contributed by atoms with E-state index in [4.69, 9.17) is 0 Å². The SMILES string of the molecule is CCCCN(CCCC)C(=O)C(=C(C)C)C(F)(F)F. The zero-order valence-corrected chi connectivity index (χ0v) is 12.2. The average molecular weight is 279 g/mol. The maximum Gasteiger partial charge on any atom is 0.421 e. The van der Waals surface area contributed by atoms with Gasteiger partial charge in [0.25, 0.3) is 5.91 Å². The Balaban J connectivity index is 5.09. The highest BCUT2D eigenvalue weighted by molar-refractivity contribution is 5.95. The van der Waals surface area contributed by atoms with Gasteiger partial charge < -0.3 is 4.90 Å². The van der Waals surface area contributed by atoms with Crippen molar-refractivity contribution in [3.8, 4) is 0 Å². The van der Waals surface area contributed by atoms with Gasteiger partial charge in [-0.15, -0.1) is 0 Å². The molecule has 0 fully saturated rings. The molecular weight excluding hydrogens is 255 g/mol. The molecule has 0 bridgehead atoms. The molecule has 0 aliphatic rings. The Kier molecular flexibility index (Phi) is 7.79. The molecule has 0 spiro atoms. The molecule has 0 unspecified atom stereocenters. The quantitative estimate of drug-likeness (QED) is 0.636. The minimum Gasteiger partial charge on any atom is -0.339 e. The largest absolute Gasteiger partial charge is 0.421 e. The second kappa shape index (κ2) is 8.23. The molecule has 0 radical (unpaired) electrons. The fourth-order valence-electron chi connectivity index (χ4n) is 1.79. The predicted octanol–water partition coefficient (Wildman–Crippen LogP) is 4.31. The van der Waals surface area contributed by atoms with E-state index >= 15 is 0 Å². The van der Waals surface area contributed by atoms with Crippen LogP contribution in [0.15, 0.2) is 11.1 Å².